The van der Waals surface area contributed by atoms with Crippen LogP contribution in [0.15, 0.2) is 24.3 Å². The third kappa shape index (κ3) is 4.71. The van der Waals surface area contributed by atoms with Crippen molar-refractivity contribution in [1.29, 1.82) is 0 Å². The van der Waals surface area contributed by atoms with E-state index in [2.05, 4.69) is 5.32 Å². The fourth-order valence-corrected chi connectivity index (χ4v) is 1.84. The smallest absolute Gasteiger partial charge is 0.335 e. The Morgan fingerprint density at radius 1 is 1.37 bits per heavy atom. The number of carbonyl (C=O) groups excluding carboxylic acids is 1. The molecular weight excluding hydrogens is 244 g/mol. The number of nitrogens with two attached hydrogens (primary N) is 1. The lowest BCUT2D eigenvalue weighted by atomic mass is 10.0. The zero-order chi connectivity index (χ0) is 14.3. The lowest BCUT2D eigenvalue weighted by Crippen LogP contribution is -2.41. The SMILES string of the molecule is CCCC(N)C(=O)NCCc1ccccc1C(=O)O. The molecule has 104 valence electrons. The maximum atomic E-state index is 11.6. The molecule has 5 heteroatoms. The molecule has 0 fully saturated rings. The van der Waals surface area contributed by atoms with Crippen molar-refractivity contribution in [3.8, 4) is 0 Å². The summed E-state index contributed by atoms with van der Waals surface area (Å²) in [6.07, 6.45) is 1.99. The predicted octanol–water partition coefficient (Wildman–Crippen LogP) is 1.17. The van der Waals surface area contributed by atoms with Crippen LogP contribution in [0.25, 0.3) is 0 Å². The predicted molar refractivity (Wildman–Crippen MR) is 73.0 cm³/mol. The highest BCUT2D eigenvalue weighted by atomic mass is 16.4. The second-order valence-corrected chi connectivity index (χ2v) is 4.40. The van der Waals surface area contributed by atoms with E-state index in [1.54, 1.807) is 24.3 Å². The molecule has 19 heavy (non-hydrogen) atoms. The van der Waals surface area contributed by atoms with E-state index in [9.17, 15) is 9.59 Å². The van der Waals surface area contributed by atoms with Crippen LogP contribution in [0.4, 0.5) is 0 Å². The number of rotatable bonds is 7. The number of carboxylic acid groups (broad SMARTS) is 1. The van der Waals surface area contributed by atoms with Crippen molar-refractivity contribution in [3.63, 3.8) is 0 Å². The lowest BCUT2D eigenvalue weighted by molar-refractivity contribution is -0.122. The molecule has 1 aromatic carbocycles. The minimum Gasteiger partial charge on any atom is -0.478 e. The van der Waals surface area contributed by atoms with E-state index in [-0.39, 0.29) is 11.5 Å². The summed E-state index contributed by atoms with van der Waals surface area (Å²) in [4.78, 5) is 22.6. The minimum absolute atomic E-state index is 0.186. The van der Waals surface area contributed by atoms with Gasteiger partial charge >= 0.3 is 5.97 Å². The fourth-order valence-electron chi connectivity index (χ4n) is 1.84. The van der Waals surface area contributed by atoms with Crippen LogP contribution in [0.1, 0.15) is 35.7 Å². The summed E-state index contributed by atoms with van der Waals surface area (Å²) in [5.41, 5.74) is 6.66. The molecule has 1 rings (SSSR count). The number of carbonyl (C=O) groups is 2. The van der Waals surface area contributed by atoms with Crippen LogP contribution in [0.5, 0.6) is 0 Å². The van der Waals surface area contributed by atoms with Gasteiger partial charge in [-0.3, -0.25) is 4.79 Å². The molecule has 4 N–H and O–H groups in total. The molecule has 0 saturated carbocycles. The van der Waals surface area contributed by atoms with Gasteiger partial charge in [0.15, 0.2) is 0 Å². The van der Waals surface area contributed by atoms with Gasteiger partial charge in [0.1, 0.15) is 0 Å². The third-order valence-corrected chi connectivity index (χ3v) is 2.88. The largest absolute Gasteiger partial charge is 0.478 e. The summed E-state index contributed by atoms with van der Waals surface area (Å²) in [6.45, 7) is 2.36. The summed E-state index contributed by atoms with van der Waals surface area (Å²) in [7, 11) is 0. The number of hydrogen-bond donors (Lipinski definition) is 3. The maximum absolute atomic E-state index is 11.6. The Balaban J connectivity index is 2.50. The van der Waals surface area contributed by atoms with Crippen molar-refractivity contribution >= 4 is 11.9 Å². The van der Waals surface area contributed by atoms with Gasteiger partial charge in [0.05, 0.1) is 11.6 Å². The molecule has 1 atom stereocenters. The summed E-state index contributed by atoms with van der Waals surface area (Å²) in [6, 6.07) is 6.29. The van der Waals surface area contributed by atoms with Gasteiger partial charge in [-0.1, -0.05) is 31.5 Å². The van der Waals surface area contributed by atoms with E-state index in [1.807, 2.05) is 6.92 Å². The molecule has 1 amide bonds. The molecule has 0 aromatic heterocycles. The number of nitrogens with one attached hydrogen (secondary N) is 1. The Morgan fingerprint density at radius 3 is 2.68 bits per heavy atom. The lowest BCUT2D eigenvalue weighted by Gasteiger charge is -2.11. The van der Waals surface area contributed by atoms with Crippen molar-refractivity contribution in [2.75, 3.05) is 6.54 Å². The van der Waals surface area contributed by atoms with Gasteiger partial charge in [-0.25, -0.2) is 4.79 Å². The van der Waals surface area contributed by atoms with Gasteiger partial charge in [-0.05, 0) is 24.5 Å². The Bertz CT molecular complexity index is 446. The molecule has 0 spiro atoms. The normalized spacial score (nSPS) is 11.9. The maximum Gasteiger partial charge on any atom is 0.335 e. The highest BCUT2D eigenvalue weighted by molar-refractivity contribution is 5.89. The zero-order valence-electron chi connectivity index (χ0n) is 11.1. The van der Waals surface area contributed by atoms with E-state index in [0.717, 1.165) is 6.42 Å². The quantitative estimate of drug-likeness (QED) is 0.689. The van der Waals surface area contributed by atoms with Crippen LogP contribution in [-0.4, -0.2) is 29.6 Å². The molecule has 0 bridgehead atoms. The fraction of sp³-hybridized carbons (Fsp3) is 0.429. The summed E-state index contributed by atoms with van der Waals surface area (Å²) in [5.74, 6) is -1.14. The van der Waals surface area contributed by atoms with Gasteiger partial charge in [0.2, 0.25) is 5.91 Å². The second kappa shape index (κ2) is 7.53. The van der Waals surface area contributed by atoms with Crippen molar-refractivity contribution in [2.24, 2.45) is 5.73 Å². The molecule has 0 aliphatic carbocycles. The first-order valence-corrected chi connectivity index (χ1v) is 6.40. The molecule has 1 aromatic rings. The van der Waals surface area contributed by atoms with Gasteiger partial charge < -0.3 is 16.2 Å². The number of carboxylic acids is 1. The van der Waals surface area contributed by atoms with Crippen molar-refractivity contribution in [2.45, 2.75) is 32.2 Å². The number of aromatic carboxylic acids is 1. The highest BCUT2D eigenvalue weighted by Gasteiger charge is 2.12. The molecule has 0 heterocycles. The third-order valence-electron chi connectivity index (χ3n) is 2.88. The zero-order valence-corrected chi connectivity index (χ0v) is 11.1. The van der Waals surface area contributed by atoms with E-state index < -0.39 is 12.0 Å². The molecule has 0 aliphatic heterocycles. The van der Waals surface area contributed by atoms with Crippen LogP contribution in [0.3, 0.4) is 0 Å². The first-order valence-electron chi connectivity index (χ1n) is 6.40. The Labute approximate surface area is 112 Å². The van der Waals surface area contributed by atoms with Crippen LogP contribution in [0, 0.1) is 0 Å². The van der Waals surface area contributed by atoms with Crippen LogP contribution in [0.2, 0.25) is 0 Å². The number of amides is 1. The van der Waals surface area contributed by atoms with Crippen LogP contribution < -0.4 is 11.1 Å². The van der Waals surface area contributed by atoms with Crippen LogP contribution >= 0.6 is 0 Å². The standard InChI is InChI=1S/C14H20N2O3/c1-2-5-12(15)13(17)16-9-8-10-6-3-4-7-11(10)14(18)19/h3-4,6-7,12H,2,5,8-9,15H2,1H3,(H,16,17)(H,18,19). The van der Waals surface area contributed by atoms with Gasteiger partial charge in [-0.15, -0.1) is 0 Å². The molecule has 5 nitrogen and oxygen atoms in total. The molecule has 1 unspecified atom stereocenters. The van der Waals surface area contributed by atoms with Gasteiger partial charge in [0.25, 0.3) is 0 Å². The van der Waals surface area contributed by atoms with Gasteiger partial charge in [-0.2, -0.15) is 0 Å². The molecule has 0 radical (unpaired) electrons. The van der Waals surface area contributed by atoms with E-state index in [1.165, 1.54) is 0 Å². The summed E-state index contributed by atoms with van der Waals surface area (Å²) >= 11 is 0. The Morgan fingerprint density at radius 2 is 2.05 bits per heavy atom. The van der Waals surface area contributed by atoms with E-state index in [0.29, 0.717) is 24.9 Å². The van der Waals surface area contributed by atoms with Crippen molar-refractivity contribution < 1.29 is 14.7 Å². The van der Waals surface area contributed by atoms with E-state index >= 15 is 0 Å². The first kappa shape index (κ1) is 15.2. The van der Waals surface area contributed by atoms with Crippen LogP contribution in [-0.2, 0) is 11.2 Å². The average molecular weight is 264 g/mol. The van der Waals surface area contributed by atoms with Gasteiger partial charge in [0, 0.05) is 6.54 Å². The molecule has 0 saturated heterocycles. The number of benzene rings is 1. The number of hydrogen-bond acceptors (Lipinski definition) is 3. The highest BCUT2D eigenvalue weighted by Crippen LogP contribution is 2.09. The summed E-state index contributed by atoms with van der Waals surface area (Å²) < 4.78 is 0. The molecule has 0 aliphatic rings. The average Bonchev–Trinajstić information content (AvgIpc) is 2.39. The monoisotopic (exact) mass is 264 g/mol. The second-order valence-electron chi connectivity index (χ2n) is 4.40. The minimum atomic E-state index is -0.954. The van der Waals surface area contributed by atoms with Crippen molar-refractivity contribution in [1.82, 2.24) is 5.32 Å². The Kier molecular flexibility index (Phi) is 6.02. The topological polar surface area (TPSA) is 92.4 Å². The first-order chi connectivity index (χ1) is 9.06. The Hall–Kier alpha value is -1.88. The summed E-state index contributed by atoms with van der Waals surface area (Å²) in [5, 5.41) is 11.8. The molecular formula is C14H20N2O3. The van der Waals surface area contributed by atoms with E-state index in [4.69, 9.17) is 10.8 Å². The van der Waals surface area contributed by atoms with Crippen molar-refractivity contribution in [3.05, 3.63) is 35.4 Å².